The zero-order valence-electron chi connectivity index (χ0n) is 4.54. The third-order valence-corrected chi connectivity index (χ3v) is 1.63. The van der Waals surface area contributed by atoms with E-state index in [0.29, 0.717) is 0 Å². The molecular formula is C5HF3IN. The smallest absolute Gasteiger partial charge is 0.201 e. The fourth-order valence-corrected chi connectivity index (χ4v) is 0.921. The van der Waals surface area contributed by atoms with Crippen LogP contribution in [0.2, 0.25) is 0 Å². The molecule has 0 saturated carbocycles. The molecule has 0 aliphatic rings. The van der Waals surface area contributed by atoms with Crippen molar-refractivity contribution < 1.29 is 13.2 Å². The van der Waals surface area contributed by atoms with Crippen LogP contribution < -0.4 is 0 Å². The van der Waals surface area contributed by atoms with Crippen LogP contribution in [0.5, 0.6) is 0 Å². The van der Waals surface area contributed by atoms with E-state index in [0.717, 1.165) is 6.07 Å². The lowest BCUT2D eigenvalue weighted by Gasteiger charge is -1.93. The van der Waals surface area contributed by atoms with Gasteiger partial charge in [-0.15, -0.1) is 0 Å². The summed E-state index contributed by atoms with van der Waals surface area (Å²) in [5, 5.41) is 0. The van der Waals surface area contributed by atoms with Crippen molar-refractivity contribution in [2.24, 2.45) is 0 Å². The van der Waals surface area contributed by atoms with Crippen LogP contribution in [0.4, 0.5) is 13.2 Å². The lowest BCUT2D eigenvalue weighted by atomic mass is 10.5. The first-order valence-corrected chi connectivity index (χ1v) is 3.36. The van der Waals surface area contributed by atoms with Crippen molar-refractivity contribution in [3.05, 3.63) is 27.3 Å². The average Bonchev–Trinajstić information content (AvgIpc) is 1.82. The predicted molar refractivity (Wildman–Crippen MR) is 36.8 cm³/mol. The van der Waals surface area contributed by atoms with Crippen LogP contribution >= 0.6 is 22.6 Å². The minimum absolute atomic E-state index is 0.109. The summed E-state index contributed by atoms with van der Waals surface area (Å²) in [6.45, 7) is 0. The average molecular weight is 259 g/mol. The van der Waals surface area contributed by atoms with E-state index in [4.69, 9.17) is 0 Å². The SMILES string of the molecule is Fc1cc(I)c(F)c(F)n1. The van der Waals surface area contributed by atoms with E-state index in [1.807, 2.05) is 0 Å². The summed E-state index contributed by atoms with van der Waals surface area (Å²) in [4.78, 5) is 2.62. The summed E-state index contributed by atoms with van der Waals surface area (Å²) >= 11 is 1.48. The van der Waals surface area contributed by atoms with Gasteiger partial charge in [0, 0.05) is 6.07 Å². The van der Waals surface area contributed by atoms with Gasteiger partial charge in [0.05, 0.1) is 3.57 Å². The van der Waals surface area contributed by atoms with Crippen LogP contribution in [0.15, 0.2) is 6.07 Å². The van der Waals surface area contributed by atoms with Crippen molar-refractivity contribution in [1.82, 2.24) is 4.98 Å². The highest BCUT2D eigenvalue weighted by atomic mass is 127. The molecule has 1 heterocycles. The highest BCUT2D eigenvalue weighted by Gasteiger charge is 2.08. The zero-order chi connectivity index (χ0) is 7.72. The molecule has 0 amide bonds. The predicted octanol–water partition coefficient (Wildman–Crippen LogP) is 2.10. The second kappa shape index (κ2) is 2.73. The first-order chi connectivity index (χ1) is 4.61. The maximum atomic E-state index is 12.3. The minimum Gasteiger partial charge on any atom is -0.201 e. The number of halogens is 4. The standard InChI is InChI=1S/C5HF3IN/c6-3-1-2(9)4(7)5(8)10-3/h1H. The van der Waals surface area contributed by atoms with Gasteiger partial charge in [-0.25, -0.2) is 4.39 Å². The molecule has 54 valence electrons. The number of hydrogen-bond donors (Lipinski definition) is 0. The first-order valence-electron chi connectivity index (χ1n) is 2.28. The van der Waals surface area contributed by atoms with E-state index in [-0.39, 0.29) is 3.57 Å². The second-order valence-corrected chi connectivity index (χ2v) is 2.69. The molecule has 0 aromatic carbocycles. The Balaban J connectivity index is 3.31. The summed E-state index contributed by atoms with van der Waals surface area (Å²) in [7, 11) is 0. The molecule has 0 aliphatic heterocycles. The molecule has 0 aliphatic carbocycles. The highest BCUT2D eigenvalue weighted by Crippen LogP contribution is 2.12. The van der Waals surface area contributed by atoms with E-state index in [1.54, 1.807) is 0 Å². The van der Waals surface area contributed by atoms with Crippen LogP contribution in [0.3, 0.4) is 0 Å². The lowest BCUT2D eigenvalue weighted by molar-refractivity contribution is 0.443. The third kappa shape index (κ3) is 1.39. The van der Waals surface area contributed by atoms with Crippen molar-refractivity contribution in [2.45, 2.75) is 0 Å². The molecule has 0 atom stereocenters. The summed E-state index contributed by atoms with van der Waals surface area (Å²) in [5.41, 5.74) is 0. The Labute approximate surface area is 68.4 Å². The van der Waals surface area contributed by atoms with Gasteiger partial charge in [0.2, 0.25) is 5.95 Å². The van der Waals surface area contributed by atoms with Crippen molar-refractivity contribution in [3.63, 3.8) is 0 Å². The van der Waals surface area contributed by atoms with Crippen molar-refractivity contribution in [1.29, 1.82) is 0 Å². The fraction of sp³-hybridized carbons (Fsp3) is 0. The molecule has 1 aromatic rings. The normalized spacial score (nSPS) is 10.0. The molecule has 0 radical (unpaired) electrons. The molecule has 0 fully saturated rings. The Hall–Kier alpha value is -0.330. The number of aromatic nitrogens is 1. The van der Waals surface area contributed by atoms with Gasteiger partial charge in [0.15, 0.2) is 5.82 Å². The number of rotatable bonds is 0. The molecule has 10 heavy (non-hydrogen) atoms. The molecule has 0 bridgehead atoms. The van der Waals surface area contributed by atoms with Crippen molar-refractivity contribution in [2.75, 3.05) is 0 Å². The van der Waals surface area contributed by atoms with Crippen LogP contribution in [-0.4, -0.2) is 4.98 Å². The molecular weight excluding hydrogens is 258 g/mol. The molecule has 5 heteroatoms. The lowest BCUT2D eigenvalue weighted by Crippen LogP contribution is -1.95. The van der Waals surface area contributed by atoms with Gasteiger partial charge in [0.1, 0.15) is 0 Å². The summed E-state index contributed by atoms with van der Waals surface area (Å²) in [5.74, 6) is -3.52. The number of pyridine rings is 1. The van der Waals surface area contributed by atoms with E-state index in [2.05, 4.69) is 4.98 Å². The van der Waals surface area contributed by atoms with Gasteiger partial charge in [0.25, 0.3) is 5.95 Å². The molecule has 0 spiro atoms. The van der Waals surface area contributed by atoms with Crippen LogP contribution in [0.25, 0.3) is 0 Å². The monoisotopic (exact) mass is 259 g/mol. The molecule has 1 nitrogen and oxygen atoms in total. The molecule has 0 saturated heterocycles. The van der Waals surface area contributed by atoms with E-state index in [1.165, 1.54) is 22.6 Å². The van der Waals surface area contributed by atoms with Crippen LogP contribution in [0, 0.1) is 21.3 Å². The van der Waals surface area contributed by atoms with Gasteiger partial charge >= 0.3 is 0 Å². The Kier molecular flexibility index (Phi) is 2.12. The van der Waals surface area contributed by atoms with Crippen molar-refractivity contribution in [3.8, 4) is 0 Å². The second-order valence-electron chi connectivity index (χ2n) is 1.53. The largest absolute Gasteiger partial charge is 0.252 e. The third-order valence-electron chi connectivity index (χ3n) is 0.842. The Bertz CT molecular complexity index is 240. The maximum Gasteiger partial charge on any atom is 0.252 e. The molecule has 1 rings (SSSR count). The zero-order valence-corrected chi connectivity index (χ0v) is 6.69. The van der Waals surface area contributed by atoms with Gasteiger partial charge in [-0.3, -0.25) is 0 Å². The summed E-state index contributed by atoms with van der Waals surface area (Å²) < 4.78 is 36.4. The Morgan fingerprint density at radius 2 is 1.90 bits per heavy atom. The van der Waals surface area contributed by atoms with E-state index < -0.39 is 17.7 Å². The van der Waals surface area contributed by atoms with E-state index >= 15 is 0 Å². The molecule has 0 N–H and O–H groups in total. The van der Waals surface area contributed by atoms with Gasteiger partial charge in [-0.1, -0.05) is 0 Å². The Morgan fingerprint density at radius 1 is 1.30 bits per heavy atom. The highest BCUT2D eigenvalue weighted by molar-refractivity contribution is 14.1. The summed E-state index contributed by atoms with van der Waals surface area (Å²) in [6, 6.07) is 0.818. The van der Waals surface area contributed by atoms with Gasteiger partial charge in [-0.2, -0.15) is 13.8 Å². The van der Waals surface area contributed by atoms with Gasteiger partial charge in [-0.05, 0) is 22.6 Å². The number of hydrogen-bond acceptors (Lipinski definition) is 1. The molecule has 1 aromatic heterocycles. The maximum absolute atomic E-state index is 12.3. The summed E-state index contributed by atoms with van der Waals surface area (Å²) in [6.07, 6.45) is 0. The quantitative estimate of drug-likeness (QED) is 0.513. The topological polar surface area (TPSA) is 12.9 Å². The Morgan fingerprint density at radius 3 is 2.40 bits per heavy atom. The van der Waals surface area contributed by atoms with Gasteiger partial charge < -0.3 is 0 Å². The molecule has 0 unspecified atom stereocenters. The fourth-order valence-electron chi connectivity index (χ4n) is 0.442. The first kappa shape index (κ1) is 7.77. The van der Waals surface area contributed by atoms with E-state index in [9.17, 15) is 13.2 Å². The van der Waals surface area contributed by atoms with Crippen LogP contribution in [0.1, 0.15) is 0 Å². The van der Waals surface area contributed by atoms with Crippen molar-refractivity contribution >= 4 is 22.6 Å². The number of nitrogens with zero attached hydrogens (tertiary/aromatic N) is 1. The minimum atomic E-state index is -1.40. The van der Waals surface area contributed by atoms with Crippen LogP contribution in [-0.2, 0) is 0 Å².